The minimum absolute atomic E-state index is 0.195. The Morgan fingerprint density at radius 3 is 3.06 bits per heavy atom. The maximum atomic E-state index is 11.5. The summed E-state index contributed by atoms with van der Waals surface area (Å²) in [6.45, 7) is 0.380. The van der Waals surface area contributed by atoms with Gasteiger partial charge >= 0.3 is 0 Å². The molecule has 0 unspecified atom stereocenters. The van der Waals surface area contributed by atoms with Crippen LogP contribution in [0.2, 0.25) is 0 Å². The topological polar surface area (TPSA) is 62.2 Å². The second-order valence-corrected chi connectivity index (χ2v) is 3.94. The quantitative estimate of drug-likeness (QED) is 0.851. The number of aromatic nitrogens is 1. The normalized spacial score (nSPS) is 10.0. The van der Waals surface area contributed by atoms with Gasteiger partial charge in [-0.1, -0.05) is 12.1 Å². The lowest BCUT2D eigenvalue weighted by atomic mass is 10.2. The molecule has 2 aromatic rings. The van der Waals surface area contributed by atoms with Gasteiger partial charge in [0.05, 0.1) is 5.51 Å². The number of hydrogen-bond donors (Lipinski definition) is 2. The highest BCUT2D eigenvalue weighted by molar-refractivity contribution is 7.07. The zero-order valence-corrected chi connectivity index (χ0v) is 9.20. The highest BCUT2D eigenvalue weighted by Gasteiger charge is 2.06. The summed E-state index contributed by atoms with van der Waals surface area (Å²) < 4.78 is 0. The standard InChI is InChI=1S/C11H10N2O2S/c14-9-3-1-2-8(4-9)5-12-11(15)10-6-16-7-13-10/h1-4,6-7,14H,5H2,(H,12,15). The molecule has 4 nitrogen and oxygen atoms in total. The third kappa shape index (κ3) is 2.58. The minimum Gasteiger partial charge on any atom is -0.508 e. The van der Waals surface area contributed by atoms with Gasteiger partial charge in [0.25, 0.3) is 5.91 Å². The van der Waals surface area contributed by atoms with Gasteiger partial charge < -0.3 is 10.4 Å². The summed E-state index contributed by atoms with van der Waals surface area (Å²) in [7, 11) is 0. The summed E-state index contributed by atoms with van der Waals surface area (Å²) in [6.07, 6.45) is 0. The third-order valence-corrected chi connectivity index (χ3v) is 2.62. The molecule has 2 N–H and O–H groups in total. The average Bonchev–Trinajstić information content (AvgIpc) is 2.79. The fourth-order valence-electron chi connectivity index (χ4n) is 1.26. The molecule has 5 heteroatoms. The smallest absolute Gasteiger partial charge is 0.271 e. The number of phenols is 1. The van der Waals surface area contributed by atoms with Gasteiger partial charge in [-0.05, 0) is 17.7 Å². The molecular weight excluding hydrogens is 224 g/mol. The van der Waals surface area contributed by atoms with Crippen LogP contribution in [0.1, 0.15) is 16.1 Å². The fourth-order valence-corrected chi connectivity index (χ4v) is 1.80. The molecule has 1 heterocycles. The van der Waals surface area contributed by atoms with Crippen LogP contribution in [0.4, 0.5) is 0 Å². The van der Waals surface area contributed by atoms with Crippen molar-refractivity contribution < 1.29 is 9.90 Å². The number of aromatic hydroxyl groups is 1. The molecule has 0 aliphatic rings. The van der Waals surface area contributed by atoms with Crippen molar-refractivity contribution in [3.05, 3.63) is 46.4 Å². The lowest BCUT2D eigenvalue weighted by Crippen LogP contribution is -2.22. The molecule has 1 aromatic heterocycles. The summed E-state index contributed by atoms with van der Waals surface area (Å²) in [5.74, 6) is -0.00926. The van der Waals surface area contributed by atoms with Crippen molar-refractivity contribution in [2.24, 2.45) is 0 Å². The number of carbonyl (C=O) groups is 1. The molecule has 0 bridgehead atoms. The number of thiazole rings is 1. The fraction of sp³-hybridized carbons (Fsp3) is 0.0909. The van der Waals surface area contributed by atoms with Crippen molar-refractivity contribution >= 4 is 17.2 Å². The van der Waals surface area contributed by atoms with Gasteiger partial charge in [0.15, 0.2) is 0 Å². The van der Waals surface area contributed by atoms with Gasteiger partial charge in [-0.25, -0.2) is 4.98 Å². The monoisotopic (exact) mass is 234 g/mol. The van der Waals surface area contributed by atoms with Crippen LogP contribution in [0, 0.1) is 0 Å². The Morgan fingerprint density at radius 1 is 1.50 bits per heavy atom. The van der Waals surface area contributed by atoms with Crippen molar-refractivity contribution in [2.45, 2.75) is 6.54 Å². The Balaban J connectivity index is 1.95. The predicted molar refractivity (Wildman–Crippen MR) is 61.4 cm³/mol. The van der Waals surface area contributed by atoms with Crippen LogP contribution in [0.5, 0.6) is 5.75 Å². The van der Waals surface area contributed by atoms with E-state index in [1.54, 1.807) is 29.1 Å². The number of nitrogens with zero attached hydrogens (tertiary/aromatic N) is 1. The second-order valence-electron chi connectivity index (χ2n) is 3.23. The van der Waals surface area contributed by atoms with Crippen molar-refractivity contribution in [1.82, 2.24) is 10.3 Å². The first kappa shape index (κ1) is 10.6. The molecule has 0 radical (unpaired) electrons. The maximum absolute atomic E-state index is 11.5. The molecule has 0 aliphatic carbocycles. The number of carbonyl (C=O) groups excluding carboxylic acids is 1. The highest BCUT2D eigenvalue weighted by atomic mass is 32.1. The number of rotatable bonds is 3. The van der Waals surface area contributed by atoms with Gasteiger partial charge in [0.2, 0.25) is 0 Å². The number of phenolic OH excluding ortho intramolecular Hbond substituents is 1. The summed E-state index contributed by atoms with van der Waals surface area (Å²) in [5.41, 5.74) is 2.89. The van der Waals surface area contributed by atoms with Crippen molar-refractivity contribution in [3.63, 3.8) is 0 Å². The van der Waals surface area contributed by atoms with Gasteiger partial charge in [-0.15, -0.1) is 11.3 Å². The van der Waals surface area contributed by atoms with Crippen LogP contribution in [0.3, 0.4) is 0 Å². The lowest BCUT2D eigenvalue weighted by Gasteiger charge is -2.03. The number of hydrogen-bond acceptors (Lipinski definition) is 4. The van der Waals surface area contributed by atoms with E-state index in [2.05, 4.69) is 10.3 Å². The highest BCUT2D eigenvalue weighted by Crippen LogP contribution is 2.10. The van der Waals surface area contributed by atoms with E-state index in [4.69, 9.17) is 0 Å². The van der Waals surface area contributed by atoms with E-state index in [1.165, 1.54) is 11.3 Å². The van der Waals surface area contributed by atoms with Crippen molar-refractivity contribution in [2.75, 3.05) is 0 Å². The first-order chi connectivity index (χ1) is 7.75. The predicted octanol–water partition coefficient (Wildman–Crippen LogP) is 1.78. The van der Waals surface area contributed by atoms with Crippen LogP contribution in [-0.2, 0) is 6.54 Å². The van der Waals surface area contributed by atoms with E-state index >= 15 is 0 Å². The zero-order valence-electron chi connectivity index (χ0n) is 8.38. The lowest BCUT2D eigenvalue weighted by molar-refractivity contribution is 0.0946. The first-order valence-electron chi connectivity index (χ1n) is 4.70. The molecule has 1 aromatic carbocycles. The molecule has 0 spiro atoms. The maximum Gasteiger partial charge on any atom is 0.271 e. The molecule has 1 amide bonds. The van der Waals surface area contributed by atoms with E-state index in [-0.39, 0.29) is 11.7 Å². The third-order valence-electron chi connectivity index (χ3n) is 2.03. The average molecular weight is 234 g/mol. The van der Waals surface area contributed by atoms with E-state index in [1.807, 2.05) is 6.07 Å². The molecule has 2 rings (SSSR count). The SMILES string of the molecule is O=C(NCc1cccc(O)c1)c1cscn1. The van der Waals surface area contributed by atoms with Gasteiger partial charge in [0, 0.05) is 11.9 Å². The van der Waals surface area contributed by atoms with Crippen molar-refractivity contribution in [3.8, 4) is 5.75 Å². The Labute approximate surface area is 96.6 Å². The van der Waals surface area contributed by atoms with Gasteiger partial charge in [-0.3, -0.25) is 4.79 Å². The summed E-state index contributed by atoms with van der Waals surface area (Å²) in [5, 5.41) is 13.7. The minimum atomic E-state index is -0.204. The Hall–Kier alpha value is -1.88. The Kier molecular flexibility index (Phi) is 3.16. The van der Waals surface area contributed by atoms with E-state index in [9.17, 15) is 9.90 Å². The van der Waals surface area contributed by atoms with Crippen LogP contribution < -0.4 is 5.32 Å². The van der Waals surface area contributed by atoms with Crippen LogP contribution >= 0.6 is 11.3 Å². The number of amides is 1. The number of benzene rings is 1. The molecular formula is C11H10N2O2S. The van der Waals surface area contributed by atoms with Gasteiger partial charge in [0.1, 0.15) is 11.4 Å². The molecule has 0 aliphatic heterocycles. The van der Waals surface area contributed by atoms with Crippen molar-refractivity contribution in [1.29, 1.82) is 0 Å². The van der Waals surface area contributed by atoms with E-state index in [0.29, 0.717) is 12.2 Å². The Bertz CT molecular complexity index is 482. The summed E-state index contributed by atoms with van der Waals surface area (Å²) in [4.78, 5) is 15.4. The molecule has 0 saturated carbocycles. The van der Waals surface area contributed by atoms with E-state index in [0.717, 1.165) is 5.56 Å². The van der Waals surface area contributed by atoms with Crippen LogP contribution in [0.15, 0.2) is 35.2 Å². The molecule has 16 heavy (non-hydrogen) atoms. The first-order valence-corrected chi connectivity index (χ1v) is 5.64. The molecule has 82 valence electrons. The largest absolute Gasteiger partial charge is 0.508 e. The van der Waals surface area contributed by atoms with Gasteiger partial charge in [-0.2, -0.15) is 0 Å². The number of nitrogens with one attached hydrogen (secondary N) is 1. The summed E-state index contributed by atoms with van der Waals surface area (Å²) in [6, 6.07) is 6.77. The zero-order chi connectivity index (χ0) is 11.4. The second kappa shape index (κ2) is 4.76. The van der Waals surface area contributed by atoms with Crippen LogP contribution in [-0.4, -0.2) is 16.0 Å². The molecule has 0 saturated heterocycles. The van der Waals surface area contributed by atoms with Crippen LogP contribution in [0.25, 0.3) is 0 Å². The summed E-state index contributed by atoms with van der Waals surface area (Å²) >= 11 is 1.38. The molecule has 0 atom stereocenters. The molecule has 0 fully saturated rings. The van der Waals surface area contributed by atoms with E-state index < -0.39 is 0 Å². The Morgan fingerprint density at radius 2 is 2.38 bits per heavy atom.